The van der Waals surface area contributed by atoms with Crippen LogP contribution >= 0.6 is 0 Å². The third-order valence-corrected chi connectivity index (χ3v) is 2.89. The van der Waals surface area contributed by atoms with Crippen LogP contribution in [-0.4, -0.2) is 15.5 Å². The maximum atomic E-state index is 12.4. The largest absolute Gasteiger partial charge is 0.461 e. The van der Waals surface area contributed by atoms with Gasteiger partial charge in [0.25, 0.3) is 5.56 Å². The van der Waals surface area contributed by atoms with E-state index in [4.69, 9.17) is 4.74 Å². The number of hydrogen-bond acceptors (Lipinski definition) is 4. The number of benzene rings is 1. The van der Waals surface area contributed by atoms with E-state index in [0.717, 1.165) is 5.56 Å². The van der Waals surface area contributed by atoms with E-state index in [2.05, 4.69) is 11.6 Å². The van der Waals surface area contributed by atoms with E-state index in [1.807, 2.05) is 30.3 Å². The van der Waals surface area contributed by atoms with Crippen LogP contribution in [0.3, 0.4) is 0 Å². The zero-order valence-electron chi connectivity index (χ0n) is 11.8. The number of carbonyl (C=O) groups is 1. The molecule has 0 radical (unpaired) electrons. The van der Waals surface area contributed by atoms with E-state index < -0.39 is 5.97 Å². The van der Waals surface area contributed by atoms with Gasteiger partial charge < -0.3 is 4.74 Å². The molecule has 0 fully saturated rings. The highest BCUT2D eigenvalue weighted by atomic mass is 16.5. The molecule has 0 atom stereocenters. The van der Waals surface area contributed by atoms with Crippen LogP contribution in [0, 0.1) is 0 Å². The van der Waals surface area contributed by atoms with Gasteiger partial charge in [0.1, 0.15) is 12.4 Å². The zero-order valence-corrected chi connectivity index (χ0v) is 11.8. The number of carbonyl (C=O) groups excluding carboxylic acids is 1. The summed E-state index contributed by atoms with van der Waals surface area (Å²) in [5, 5.41) is 0. The van der Waals surface area contributed by atoms with Gasteiger partial charge in [0.2, 0.25) is 0 Å². The minimum atomic E-state index is -0.434. The summed E-state index contributed by atoms with van der Waals surface area (Å²) in [5.41, 5.74) is 0.951. The standard InChI is InChI=1S/C16H16N2O3/c1-3-9-18-15(13-7-5-4-6-8-13)17-10-14(16(18)20)11-21-12(2)19/h3-8,10H,1,9,11H2,2H3. The van der Waals surface area contributed by atoms with Gasteiger partial charge in [0.05, 0.1) is 5.56 Å². The Hall–Kier alpha value is -2.69. The van der Waals surface area contributed by atoms with Gasteiger partial charge in [0, 0.05) is 25.2 Å². The molecule has 2 aromatic rings. The molecule has 108 valence electrons. The third kappa shape index (κ3) is 3.45. The lowest BCUT2D eigenvalue weighted by atomic mass is 10.2. The smallest absolute Gasteiger partial charge is 0.302 e. The highest BCUT2D eigenvalue weighted by molar-refractivity contribution is 5.65. The number of rotatable bonds is 5. The third-order valence-electron chi connectivity index (χ3n) is 2.89. The predicted octanol–water partition coefficient (Wildman–Crippen LogP) is 2.16. The van der Waals surface area contributed by atoms with Gasteiger partial charge in [-0.2, -0.15) is 0 Å². The van der Waals surface area contributed by atoms with Crippen molar-refractivity contribution in [2.75, 3.05) is 0 Å². The van der Waals surface area contributed by atoms with Crippen molar-refractivity contribution in [1.82, 2.24) is 9.55 Å². The van der Waals surface area contributed by atoms with E-state index in [1.54, 1.807) is 6.08 Å². The molecule has 0 unspecified atom stereocenters. The maximum Gasteiger partial charge on any atom is 0.302 e. The van der Waals surface area contributed by atoms with Crippen molar-refractivity contribution in [3.63, 3.8) is 0 Å². The van der Waals surface area contributed by atoms with Crippen molar-refractivity contribution >= 4 is 5.97 Å². The van der Waals surface area contributed by atoms with Crippen LogP contribution in [0.25, 0.3) is 11.4 Å². The Kier molecular flexibility index (Phi) is 4.66. The maximum absolute atomic E-state index is 12.4. The van der Waals surface area contributed by atoms with E-state index in [-0.39, 0.29) is 12.2 Å². The summed E-state index contributed by atoms with van der Waals surface area (Å²) in [6, 6.07) is 9.42. The molecule has 0 N–H and O–H groups in total. The molecule has 0 aliphatic rings. The molecule has 0 amide bonds. The van der Waals surface area contributed by atoms with Gasteiger partial charge in [-0.05, 0) is 0 Å². The first-order chi connectivity index (χ1) is 10.1. The summed E-state index contributed by atoms with van der Waals surface area (Å²) < 4.78 is 6.38. The lowest BCUT2D eigenvalue weighted by molar-refractivity contribution is -0.142. The normalized spacial score (nSPS) is 10.1. The van der Waals surface area contributed by atoms with Crippen molar-refractivity contribution in [3.8, 4) is 11.4 Å². The molecule has 2 rings (SSSR count). The van der Waals surface area contributed by atoms with Gasteiger partial charge in [-0.15, -0.1) is 6.58 Å². The van der Waals surface area contributed by atoms with Crippen molar-refractivity contribution in [2.45, 2.75) is 20.1 Å². The molecule has 0 spiro atoms. The minimum Gasteiger partial charge on any atom is -0.461 e. The summed E-state index contributed by atoms with van der Waals surface area (Å²) >= 11 is 0. The SMILES string of the molecule is C=CCn1c(-c2ccccc2)ncc(COC(C)=O)c1=O. The number of allylic oxidation sites excluding steroid dienone is 1. The highest BCUT2D eigenvalue weighted by Crippen LogP contribution is 2.15. The first-order valence-electron chi connectivity index (χ1n) is 6.52. The Labute approximate surface area is 122 Å². The zero-order chi connectivity index (χ0) is 15.2. The summed E-state index contributed by atoms with van der Waals surface area (Å²) in [4.78, 5) is 27.6. The molecule has 0 saturated heterocycles. The van der Waals surface area contributed by atoms with Crippen LogP contribution in [0.2, 0.25) is 0 Å². The van der Waals surface area contributed by atoms with E-state index in [0.29, 0.717) is 17.9 Å². The van der Waals surface area contributed by atoms with E-state index in [1.165, 1.54) is 17.7 Å². The lowest BCUT2D eigenvalue weighted by Crippen LogP contribution is -2.26. The predicted molar refractivity (Wildman–Crippen MR) is 79.6 cm³/mol. The molecule has 0 bridgehead atoms. The van der Waals surface area contributed by atoms with Crippen molar-refractivity contribution < 1.29 is 9.53 Å². The highest BCUT2D eigenvalue weighted by Gasteiger charge is 2.11. The van der Waals surface area contributed by atoms with Gasteiger partial charge in [-0.1, -0.05) is 36.4 Å². The van der Waals surface area contributed by atoms with E-state index >= 15 is 0 Å². The monoisotopic (exact) mass is 284 g/mol. The number of aromatic nitrogens is 2. The second-order valence-electron chi connectivity index (χ2n) is 4.46. The van der Waals surface area contributed by atoms with Crippen LogP contribution in [0.1, 0.15) is 12.5 Å². The van der Waals surface area contributed by atoms with Crippen LogP contribution in [0.15, 0.2) is 54.0 Å². The Morgan fingerprint density at radius 2 is 2.10 bits per heavy atom. The summed E-state index contributed by atoms with van der Waals surface area (Å²) in [6.45, 7) is 5.22. The fraction of sp³-hybridized carbons (Fsp3) is 0.188. The molecule has 0 saturated carbocycles. The molecule has 5 heteroatoms. The Bertz CT molecular complexity index is 705. The molecule has 21 heavy (non-hydrogen) atoms. The minimum absolute atomic E-state index is 0.0760. The van der Waals surface area contributed by atoms with E-state index in [9.17, 15) is 9.59 Å². The molecular formula is C16H16N2O3. The van der Waals surface area contributed by atoms with Crippen LogP contribution < -0.4 is 5.56 Å². The quantitative estimate of drug-likeness (QED) is 0.623. The number of ether oxygens (including phenoxy) is 1. The number of nitrogens with zero attached hydrogens (tertiary/aromatic N) is 2. The first kappa shape index (κ1) is 14.7. The summed E-state index contributed by atoms with van der Waals surface area (Å²) in [6.07, 6.45) is 3.08. The summed E-state index contributed by atoms with van der Waals surface area (Å²) in [5.74, 6) is 0.129. The lowest BCUT2D eigenvalue weighted by Gasteiger charge is -2.12. The first-order valence-corrected chi connectivity index (χ1v) is 6.52. The molecule has 0 aliphatic carbocycles. The number of esters is 1. The molecule has 1 heterocycles. The van der Waals surface area contributed by atoms with Gasteiger partial charge in [-0.3, -0.25) is 14.2 Å². The Morgan fingerprint density at radius 3 is 2.71 bits per heavy atom. The molecular weight excluding hydrogens is 268 g/mol. The second-order valence-corrected chi connectivity index (χ2v) is 4.46. The number of hydrogen-bond donors (Lipinski definition) is 0. The van der Waals surface area contributed by atoms with Crippen LogP contribution in [-0.2, 0) is 22.7 Å². The molecule has 1 aromatic heterocycles. The molecule has 0 aliphatic heterocycles. The summed E-state index contributed by atoms with van der Waals surface area (Å²) in [7, 11) is 0. The average molecular weight is 284 g/mol. The van der Waals surface area contributed by atoms with Crippen LogP contribution in [0.4, 0.5) is 0 Å². The molecule has 1 aromatic carbocycles. The van der Waals surface area contributed by atoms with Gasteiger partial charge in [-0.25, -0.2) is 4.98 Å². The Morgan fingerprint density at radius 1 is 1.38 bits per heavy atom. The average Bonchev–Trinajstić information content (AvgIpc) is 2.49. The van der Waals surface area contributed by atoms with Crippen molar-refractivity contribution in [3.05, 3.63) is 65.1 Å². The van der Waals surface area contributed by atoms with Crippen molar-refractivity contribution in [1.29, 1.82) is 0 Å². The fourth-order valence-electron chi connectivity index (χ4n) is 1.93. The molecule has 5 nitrogen and oxygen atoms in total. The van der Waals surface area contributed by atoms with Gasteiger partial charge >= 0.3 is 5.97 Å². The van der Waals surface area contributed by atoms with Crippen molar-refractivity contribution in [2.24, 2.45) is 0 Å². The second kappa shape index (κ2) is 6.65. The topological polar surface area (TPSA) is 61.2 Å². The fourth-order valence-corrected chi connectivity index (χ4v) is 1.93. The van der Waals surface area contributed by atoms with Crippen LogP contribution in [0.5, 0.6) is 0 Å². The van der Waals surface area contributed by atoms with Gasteiger partial charge in [0.15, 0.2) is 0 Å². The Balaban J connectivity index is 2.48.